The molecule has 0 aliphatic heterocycles. The summed E-state index contributed by atoms with van der Waals surface area (Å²) < 4.78 is 0. The highest BCUT2D eigenvalue weighted by atomic mass is 16.1. The highest BCUT2D eigenvalue weighted by molar-refractivity contribution is 5.99. The fourth-order valence-electron chi connectivity index (χ4n) is 4.19. The van der Waals surface area contributed by atoms with E-state index in [1.165, 1.54) is 37.7 Å². The van der Waals surface area contributed by atoms with Gasteiger partial charge in [0.2, 0.25) is 0 Å². The van der Waals surface area contributed by atoms with Gasteiger partial charge in [0.05, 0.1) is 0 Å². The lowest BCUT2D eigenvalue weighted by Crippen LogP contribution is -2.45. The monoisotopic (exact) mass is 341 g/mol. The molecule has 1 saturated carbocycles. The molecule has 25 heavy (non-hydrogen) atoms. The van der Waals surface area contributed by atoms with E-state index in [9.17, 15) is 4.79 Å². The number of rotatable bonds is 5. The van der Waals surface area contributed by atoms with Crippen LogP contribution in [0.5, 0.6) is 0 Å². The fraction of sp³-hybridized carbons (Fsp3) is 0.571. The molecule has 3 rings (SSSR count). The number of hydrogen-bond donors (Lipinski definition) is 2. The molecule has 136 valence electrons. The molecule has 2 N–H and O–H groups in total. The standard InChI is InChI=1S/C21H31N3O/c1-14-15(2)23-19-11-10-17(12-18(14)19)21(25)22-13-20(24(3)4)16-8-6-5-7-9-16/h10-12,16,20,23H,5-9,13H2,1-4H3,(H,22,25)/t20-/m1/s1. The minimum atomic E-state index is 0.0304. The number of H-pyrrole nitrogens is 1. The zero-order valence-corrected chi connectivity index (χ0v) is 16.0. The Labute approximate surface area is 151 Å². The summed E-state index contributed by atoms with van der Waals surface area (Å²) in [6, 6.07) is 6.35. The van der Waals surface area contributed by atoms with Crippen LogP contribution in [0, 0.1) is 19.8 Å². The van der Waals surface area contributed by atoms with Crippen LogP contribution in [-0.2, 0) is 0 Å². The molecule has 1 aromatic carbocycles. The highest BCUT2D eigenvalue weighted by Gasteiger charge is 2.25. The Bertz CT molecular complexity index is 741. The number of fused-ring (bicyclic) bond motifs is 1. The molecular formula is C21H31N3O. The number of nitrogens with one attached hydrogen (secondary N) is 2. The van der Waals surface area contributed by atoms with Gasteiger partial charge in [-0.25, -0.2) is 0 Å². The third kappa shape index (κ3) is 3.90. The molecule has 1 fully saturated rings. The third-order valence-electron chi connectivity index (χ3n) is 5.90. The van der Waals surface area contributed by atoms with Crippen LogP contribution in [0.2, 0.25) is 0 Å². The number of hydrogen-bond acceptors (Lipinski definition) is 2. The molecule has 0 radical (unpaired) electrons. The number of aromatic amines is 1. The summed E-state index contributed by atoms with van der Waals surface area (Å²) in [5, 5.41) is 4.32. The second-order valence-corrected chi connectivity index (χ2v) is 7.77. The smallest absolute Gasteiger partial charge is 0.251 e. The number of aryl methyl sites for hydroxylation is 2. The summed E-state index contributed by atoms with van der Waals surface area (Å²) in [7, 11) is 4.26. The Hall–Kier alpha value is -1.81. The first kappa shape index (κ1) is 18.0. The van der Waals surface area contributed by atoms with Crippen molar-refractivity contribution < 1.29 is 4.79 Å². The van der Waals surface area contributed by atoms with Crippen molar-refractivity contribution in [2.24, 2.45) is 5.92 Å². The van der Waals surface area contributed by atoms with Gasteiger partial charge in [0, 0.05) is 34.7 Å². The van der Waals surface area contributed by atoms with Crippen LogP contribution in [0.25, 0.3) is 10.9 Å². The van der Waals surface area contributed by atoms with Crippen LogP contribution in [-0.4, -0.2) is 42.5 Å². The van der Waals surface area contributed by atoms with Crippen LogP contribution >= 0.6 is 0 Å². The second-order valence-electron chi connectivity index (χ2n) is 7.77. The predicted molar refractivity (Wildman–Crippen MR) is 104 cm³/mol. The molecule has 0 unspecified atom stereocenters. The van der Waals surface area contributed by atoms with Gasteiger partial charge < -0.3 is 15.2 Å². The van der Waals surface area contributed by atoms with Crippen LogP contribution in [0.3, 0.4) is 0 Å². The Morgan fingerprint density at radius 1 is 1.24 bits per heavy atom. The Kier molecular flexibility index (Phi) is 5.48. The summed E-state index contributed by atoms with van der Waals surface area (Å²) >= 11 is 0. The zero-order valence-electron chi connectivity index (χ0n) is 16.0. The maximum Gasteiger partial charge on any atom is 0.251 e. The lowest BCUT2D eigenvalue weighted by molar-refractivity contribution is 0.0922. The van der Waals surface area contributed by atoms with Crippen molar-refractivity contribution >= 4 is 16.8 Å². The number of carbonyl (C=O) groups excluding carboxylic acids is 1. The van der Waals surface area contributed by atoms with E-state index in [-0.39, 0.29) is 5.91 Å². The molecule has 0 bridgehead atoms. The zero-order chi connectivity index (χ0) is 18.0. The van der Waals surface area contributed by atoms with Crippen LogP contribution in [0.4, 0.5) is 0 Å². The van der Waals surface area contributed by atoms with Crippen LogP contribution in [0.15, 0.2) is 18.2 Å². The Balaban J connectivity index is 1.69. The van der Waals surface area contributed by atoms with Gasteiger partial charge in [0.15, 0.2) is 0 Å². The first-order valence-corrected chi connectivity index (χ1v) is 9.51. The maximum absolute atomic E-state index is 12.7. The Morgan fingerprint density at radius 2 is 1.96 bits per heavy atom. The van der Waals surface area contributed by atoms with E-state index in [4.69, 9.17) is 0 Å². The van der Waals surface area contributed by atoms with Gasteiger partial charge in [0.1, 0.15) is 0 Å². The number of aromatic nitrogens is 1. The molecule has 0 saturated heterocycles. The summed E-state index contributed by atoms with van der Waals surface area (Å²) in [5.41, 5.74) is 4.23. The van der Waals surface area contributed by atoms with E-state index in [0.717, 1.165) is 28.7 Å². The van der Waals surface area contributed by atoms with Gasteiger partial charge in [-0.15, -0.1) is 0 Å². The summed E-state index contributed by atoms with van der Waals surface area (Å²) in [4.78, 5) is 18.3. The van der Waals surface area contributed by atoms with Crippen LogP contribution in [0.1, 0.15) is 53.7 Å². The van der Waals surface area contributed by atoms with Crippen LogP contribution < -0.4 is 5.32 Å². The van der Waals surface area contributed by atoms with E-state index < -0.39 is 0 Å². The normalized spacial score (nSPS) is 17.2. The molecule has 1 amide bonds. The summed E-state index contributed by atoms with van der Waals surface area (Å²) in [6.45, 7) is 4.89. The lowest BCUT2D eigenvalue weighted by atomic mass is 9.83. The highest BCUT2D eigenvalue weighted by Crippen LogP contribution is 2.28. The van der Waals surface area contributed by atoms with Crippen molar-refractivity contribution in [3.8, 4) is 0 Å². The quantitative estimate of drug-likeness (QED) is 0.863. The fourth-order valence-corrected chi connectivity index (χ4v) is 4.19. The van der Waals surface area contributed by atoms with Crippen molar-refractivity contribution in [1.82, 2.24) is 15.2 Å². The van der Waals surface area contributed by atoms with Gasteiger partial charge >= 0.3 is 0 Å². The molecule has 2 aromatic rings. The predicted octanol–water partition coefficient (Wildman–Crippen LogP) is 4.03. The molecule has 1 aliphatic rings. The topological polar surface area (TPSA) is 48.1 Å². The van der Waals surface area contributed by atoms with Crippen molar-refractivity contribution in [3.63, 3.8) is 0 Å². The average Bonchev–Trinajstić information content (AvgIpc) is 2.89. The molecule has 4 heteroatoms. The van der Waals surface area contributed by atoms with Gasteiger partial charge in [0.25, 0.3) is 5.91 Å². The van der Waals surface area contributed by atoms with E-state index in [1.807, 2.05) is 18.2 Å². The number of likely N-dealkylation sites (N-methyl/N-ethyl adjacent to an activating group) is 1. The summed E-state index contributed by atoms with van der Waals surface area (Å²) in [5.74, 6) is 0.726. The van der Waals surface area contributed by atoms with E-state index in [2.05, 4.69) is 43.1 Å². The minimum Gasteiger partial charge on any atom is -0.358 e. The number of carbonyl (C=O) groups is 1. The Morgan fingerprint density at radius 3 is 2.64 bits per heavy atom. The molecule has 1 heterocycles. The number of benzene rings is 1. The van der Waals surface area contributed by atoms with Gasteiger partial charge in [-0.2, -0.15) is 0 Å². The molecule has 0 spiro atoms. The first-order valence-electron chi connectivity index (χ1n) is 9.51. The number of nitrogens with zero attached hydrogens (tertiary/aromatic N) is 1. The molecule has 1 atom stereocenters. The van der Waals surface area contributed by atoms with Crippen molar-refractivity contribution in [2.75, 3.05) is 20.6 Å². The van der Waals surface area contributed by atoms with Crippen molar-refractivity contribution in [1.29, 1.82) is 0 Å². The molecule has 4 nitrogen and oxygen atoms in total. The summed E-state index contributed by atoms with van der Waals surface area (Å²) in [6.07, 6.45) is 6.58. The number of amides is 1. The third-order valence-corrected chi connectivity index (χ3v) is 5.90. The van der Waals surface area contributed by atoms with Crippen molar-refractivity contribution in [2.45, 2.75) is 52.0 Å². The van der Waals surface area contributed by atoms with Gasteiger partial charge in [-0.1, -0.05) is 19.3 Å². The second kappa shape index (κ2) is 7.61. The van der Waals surface area contributed by atoms with E-state index >= 15 is 0 Å². The van der Waals surface area contributed by atoms with Gasteiger partial charge in [-0.3, -0.25) is 4.79 Å². The lowest BCUT2D eigenvalue weighted by Gasteiger charge is -2.35. The van der Waals surface area contributed by atoms with Crippen molar-refractivity contribution in [3.05, 3.63) is 35.0 Å². The van der Waals surface area contributed by atoms with E-state index in [0.29, 0.717) is 12.0 Å². The first-order chi connectivity index (χ1) is 12.0. The van der Waals surface area contributed by atoms with Gasteiger partial charge in [-0.05, 0) is 70.5 Å². The van der Waals surface area contributed by atoms with E-state index in [1.54, 1.807) is 0 Å². The largest absolute Gasteiger partial charge is 0.358 e. The molecule has 1 aliphatic carbocycles. The maximum atomic E-state index is 12.7. The SMILES string of the molecule is Cc1[nH]c2ccc(C(=O)NC[C@H](C3CCCCC3)N(C)C)cc2c1C. The average molecular weight is 341 g/mol. The molecular weight excluding hydrogens is 310 g/mol. The molecule has 1 aromatic heterocycles. The minimum absolute atomic E-state index is 0.0304.